The molecule has 1 unspecified atom stereocenters. The number of aromatic nitrogens is 3. The minimum Gasteiger partial charge on any atom is -0.394 e. The number of thioether (sulfide) groups is 1. The zero-order valence-electron chi connectivity index (χ0n) is 23.3. The van der Waals surface area contributed by atoms with E-state index in [1.54, 1.807) is 0 Å². The molecule has 9 nitrogen and oxygen atoms in total. The van der Waals surface area contributed by atoms with E-state index in [0.29, 0.717) is 19.4 Å². The van der Waals surface area contributed by atoms with Crippen molar-refractivity contribution < 1.29 is 43.1 Å². The van der Waals surface area contributed by atoms with Crippen LogP contribution in [0.1, 0.15) is 49.1 Å². The van der Waals surface area contributed by atoms with Gasteiger partial charge in [-0.25, -0.2) is 17.9 Å². The maximum absolute atomic E-state index is 13.9. The van der Waals surface area contributed by atoms with Crippen LogP contribution in [-0.2, 0) is 9.47 Å². The Labute approximate surface area is 245 Å². The van der Waals surface area contributed by atoms with Crippen molar-refractivity contribution in [3.63, 3.8) is 0 Å². The highest BCUT2D eigenvalue weighted by Crippen LogP contribution is 2.51. The van der Waals surface area contributed by atoms with Crippen molar-refractivity contribution >= 4 is 11.8 Å². The Bertz CT molecular complexity index is 1400. The fourth-order valence-electron chi connectivity index (χ4n) is 5.86. The molecule has 3 heterocycles. The Morgan fingerprint density at radius 2 is 1.81 bits per heavy atom. The van der Waals surface area contributed by atoms with E-state index in [2.05, 4.69) is 10.3 Å². The molecule has 2 aromatic carbocycles. The maximum atomic E-state index is 13.9. The molecule has 0 bridgehead atoms. The Morgan fingerprint density at radius 1 is 1.12 bits per heavy atom. The van der Waals surface area contributed by atoms with E-state index >= 15 is 0 Å². The highest BCUT2D eigenvalue weighted by Gasteiger charge is 2.51. The second kappa shape index (κ2) is 11.9. The fraction of sp³-hybridized carbons (Fsp3) is 0.517. The Kier molecular flexibility index (Phi) is 8.74. The predicted molar refractivity (Wildman–Crippen MR) is 148 cm³/mol. The molecule has 2 aliphatic rings. The van der Waals surface area contributed by atoms with Crippen molar-refractivity contribution in [3.8, 4) is 11.3 Å². The molecule has 3 aromatic rings. The zero-order chi connectivity index (χ0) is 30.4. The molecular formula is C29H34F3N3O6S. The molecule has 2 fully saturated rings. The lowest BCUT2D eigenvalue weighted by atomic mass is 9.79. The second-order valence-electron chi connectivity index (χ2n) is 11.5. The van der Waals surface area contributed by atoms with Crippen molar-refractivity contribution in [1.29, 1.82) is 0 Å². The molecule has 2 aliphatic heterocycles. The summed E-state index contributed by atoms with van der Waals surface area (Å²) in [6.07, 6.45) is -2.10. The summed E-state index contributed by atoms with van der Waals surface area (Å²) < 4.78 is 54.2. The van der Waals surface area contributed by atoms with Crippen LogP contribution >= 0.6 is 11.8 Å². The number of halogens is 3. The van der Waals surface area contributed by atoms with Gasteiger partial charge in [0.15, 0.2) is 17.5 Å². The van der Waals surface area contributed by atoms with Gasteiger partial charge >= 0.3 is 0 Å². The first-order chi connectivity index (χ1) is 19.8. The molecule has 0 spiro atoms. The number of rotatable bonds is 7. The number of hydrogen-bond donors (Lipinski definition) is 4. The summed E-state index contributed by atoms with van der Waals surface area (Å²) in [5.74, 6) is -4.43. The third-order valence-electron chi connectivity index (χ3n) is 7.93. The number of aliphatic hydroxyl groups is 4. The Hall–Kier alpha value is -2.52. The van der Waals surface area contributed by atoms with Crippen LogP contribution in [0.3, 0.4) is 0 Å². The molecule has 0 saturated carbocycles. The van der Waals surface area contributed by atoms with E-state index < -0.39 is 70.3 Å². The molecule has 0 amide bonds. The van der Waals surface area contributed by atoms with Crippen molar-refractivity contribution in [2.24, 2.45) is 0 Å². The van der Waals surface area contributed by atoms with E-state index in [9.17, 15) is 33.6 Å². The van der Waals surface area contributed by atoms with Crippen molar-refractivity contribution in [1.82, 2.24) is 15.0 Å². The van der Waals surface area contributed by atoms with Gasteiger partial charge in [-0.2, -0.15) is 0 Å². The molecule has 0 radical (unpaired) electrons. The normalized spacial score (nSPS) is 30.3. The number of ether oxygens (including phenoxy) is 2. The van der Waals surface area contributed by atoms with Gasteiger partial charge in [-0.05, 0) is 44.0 Å². The van der Waals surface area contributed by atoms with Crippen molar-refractivity contribution in [3.05, 3.63) is 71.2 Å². The van der Waals surface area contributed by atoms with Gasteiger partial charge in [-0.3, -0.25) is 0 Å². The average molecular weight is 610 g/mol. The molecule has 5 rings (SSSR count). The van der Waals surface area contributed by atoms with E-state index in [0.717, 1.165) is 27.9 Å². The number of hydrogen-bond acceptors (Lipinski definition) is 9. The topological polar surface area (TPSA) is 130 Å². The summed E-state index contributed by atoms with van der Waals surface area (Å²) in [4.78, 5) is 0. The summed E-state index contributed by atoms with van der Waals surface area (Å²) >= 11 is 1.17. The lowest BCUT2D eigenvalue weighted by Gasteiger charge is -2.48. The Morgan fingerprint density at radius 3 is 2.45 bits per heavy atom. The average Bonchev–Trinajstić information content (AvgIpc) is 3.41. The van der Waals surface area contributed by atoms with Gasteiger partial charge in [-0.15, -0.1) is 16.9 Å². The smallest absolute Gasteiger partial charge is 0.194 e. The van der Waals surface area contributed by atoms with Gasteiger partial charge in [0.05, 0.1) is 35.9 Å². The molecule has 7 atom stereocenters. The van der Waals surface area contributed by atoms with Crippen LogP contribution < -0.4 is 0 Å². The number of aliphatic hydroxyl groups excluding tert-OH is 3. The van der Waals surface area contributed by atoms with Crippen molar-refractivity contribution in [2.45, 2.75) is 79.9 Å². The molecule has 42 heavy (non-hydrogen) atoms. The van der Waals surface area contributed by atoms with Gasteiger partial charge in [0.25, 0.3) is 0 Å². The quantitative estimate of drug-likeness (QED) is 0.298. The molecule has 2 saturated heterocycles. The number of nitrogens with zero attached hydrogens (tertiary/aromatic N) is 3. The highest BCUT2D eigenvalue weighted by atomic mass is 32.2. The van der Waals surface area contributed by atoms with Gasteiger partial charge in [0.2, 0.25) is 0 Å². The van der Waals surface area contributed by atoms with Gasteiger partial charge < -0.3 is 29.9 Å². The van der Waals surface area contributed by atoms with E-state index in [1.165, 1.54) is 18.0 Å². The first-order valence-electron chi connectivity index (χ1n) is 13.6. The highest BCUT2D eigenvalue weighted by molar-refractivity contribution is 8.00. The van der Waals surface area contributed by atoms with E-state index in [1.807, 2.05) is 45.0 Å². The third-order valence-corrected chi connectivity index (χ3v) is 9.56. The summed E-state index contributed by atoms with van der Waals surface area (Å²) in [6, 6.07) is 7.92. The number of benzene rings is 2. The van der Waals surface area contributed by atoms with Gasteiger partial charge in [0.1, 0.15) is 35.5 Å². The summed E-state index contributed by atoms with van der Waals surface area (Å²) in [7, 11) is 0. The largest absolute Gasteiger partial charge is 0.394 e. The Balaban J connectivity index is 1.49. The third kappa shape index (κ3) is 5.96. The van der Waals surface area contributed by atoms with Gasteiger partial charge in [0, 0.05) is 18.4 Å². The van der Waals surface area contributed by atoms with Crippen LogP contribution in [-0.4, -0.2) is 83.6 Å². The monoisotopic (exact) mass is 609 g/mol. The minimum absolute atomic E-state index is 0.0278. The van der Waals surface area contributed by atoms with E-state index in [-0.39, 0.29) is 11.3 Å². The maximum Gasteiger partial charge on any atom is 0.194 e. The van der Waals surface area contributed by atoms with Crippen LogP contribution in [0.4, 0.5) is 13.2 Å². The predicted octanol–water partition coefficient (Wildman–Crippen LogP) is 3.45. The van der Waals surface area contributed by atoms with Crippen LogP contribution in [0, 0.1) is 24.4 Å². The van der Waals surface area contributed by atoms with Crippen LogP contribution in [0.25, 0.3) is 11.3 Å². The summed E-state index contributed by atoms with van der Waals surface area (Å²) in [6.45, 7) is 5.47. The minimum atomic E-state index is -1.62. The zero-order valence-corrected chi connectivity index (χ0v) is 24.1. The molecule has 13 heteroatoms. The van der Waals surface area contributed by atoms with Crippen LogP contribution in [0.5, 0.6) is 0 Å². The van der Waals surface area contributed by atoms with E-state index in [4.69, 9.17) is 9.47 Å². The van der Waals surface area contributed by atoms with Crippen LogP contribution in [0.15, 0.2) is 42.6 Å². The van der Waals surface area contributed by atoms with Crippen LogP contribution in [0.2, 0.25) is 0 Å². The fourth-order valence-corrected chi connectivity index (χ4v) is 7.52. The molecule has 1 aromatic heterocycles. The first-order valence-corrected chi connectivity index (χ1v) is 14.5. The summed E-state index contributed by atoms with van der Waals surface area (Å²) in [5, 5.41) is 52.0. The number of aryl methyl sites for hydroxylation is 1. The lowest BCUT2D eigenvalue weighted by molar-refractivity contribution is -0.179. The standard InChI is InChI=1S/C29H34F3N3O6S/c1-15-6-4-5-7-17(15)26(29(39)8-9-40-28(2,3)14-29)42-27-25(38)23(24(37)21(13-36)41-27)35-12-20(33-34-35)16-10-18(30)22(32)19(31)11-16/h4-7,10-12,21,23-27,36-39H,8-9,13-14H2,1-3H3/t21-,23+,24+,25-,26+,27+,29?/m1/s1. The molecule has 228 valence electrons. The molecule has 4 N–H and O–H groups in total. The van der Waals surface area contributed by atoms with Crippen molar-refractivity contribution in [2.75, 3.05) is 13.2 Å². The summed E-state index contributed by atoms with van der Waals surface area (Å²) in [5.41, 5.74) is -1.27. The SMILES string of the molecule is Cc1ccccc1[C@H](S[C@@H]1O[C@H](CO)[C@H](O)[C@H](n2cc(-c3cc(F)c(F)c(F)c3)nn2)[C@H]1O)C1(O)CCOC(C)(C)C1. The molecular weight excluding hydrogens is 575 g/mol. The lowest BCUT2D eigenvalue weighted by Crippen LogP contribution is -2.56. The van der Waals surface area contributed by atoms with Gasteiger partial charge in [-0.1, -0.05) is 29.5 Å². The molecule has 0 aliphatic carbocycles. The first kappa shape index (κ1) is 30.9. The second-order valence-corrected chi connectivity index (χ2v) is 12.8.